The lowest BCUT2D eigenvalue weighted by Crippen LogP contribution is -2.37. The Balaban J connectivity index is 2.44. The first kappa shape index (κ1) is 14.4. The number of aliphatic imine (C=N–C) groups is 1. The summed E-state index contributed by atoms with van der Waals surface area (Å²) in [6.45, 7) is 6.68. The summed E-state index contributed by atoms with van der Waals surface area (Å²) in [4.78, 5) is 4.50. The van der Waals surface area contributed by atoms with E-state index in [-0.39, 0.29) is 0 Å². The van der Waals surface area contributed by atoms with Crippen molar-refractivity contribution < 1.29 is 4.74 Å². The molecule has 0 aliphatic rings. The largest absolute Gasteiger partial charge is 0.497 e. The average Bonchev–Trinajstić information content (AvgIpc) is 2.40. The van der Waals surface area contributed by atoms with E-state index in [0.29, 0.717) is 0 Å². The van der Waals surface area contributed by atoms with E-state index in [4.69, 9.17) is 4.74 Å². The second-order valence-electron chi connectivity index (χ2n) is 3.89. The third-order valence-electron chi connectivity index (χ3n) is 2.52. The molecule has 0 aliphatic heterocycles. The van der Waals surface area contributed by atoms with Crippen molar-refractivity contribution >= 4 is 5.96 Å². The molecule has 0 saturated heterocycles. The van der Waals surface area contributed by atoms with Gasteiger partial charge in [-0.05, 0) is 38.0 Å². The van der Waals surface area contributed by atoms with Crippen LogP contribution in [0.3, 0.4) is 0 Å². The quantitative estimate of drug-likeness (QED) is 0.597. The molecule has 0 fully saturated rings. The Morgan fingerprint density at radius 3 is 2.22 bits per heavy atom. The number of hydrogen-bond acceptors (Lipinski definition) is 2. The van der Waals surface area contributed by atoms with E-state index in [1.807, 2.05) is 12.1 Å². The summed E-state index contributed by atoms with van der Waals surface area (Å²) in [6, 6.07) is 8.12. The standard InChI is InChI=1S/C14H23N3O/c1-4-15-14(16-5-2)17-11-10-12-6-8-13(18-3)9-7-12/h6-9H,4-5,10-11H2,1-3H3,(H2,15,16,17). The highest BCUT2D eigenvalue weighted by Crippen LogP contribution is 2.11. The van der Waals surface area contributed by atoms with Gasteiger partial charge in [0.15, 0.2) is 5.96 Å². The summed E-state index contributed by atoms with van der Waals surface area (Å²) in [7, 11) is 1.68. The number of guanidine groups is 1. The lowest BCUT2D eigenvalue weighted by Gasteiger charge is -2.09. The smallest absolute Gasteiger partial charge is 0.191 e. The molecule has 0 bridgehead atoms. The van der Waals surface area contributed by atoms with Crippen LogP contribution in [0.1, 0.15) is 19.4 Å². The van der Waals surface area contributed by atoms with Crippen LogP contribution in [0.4, 0.5) is 0 Å². The van der Waals surface area contributed by atoms with Gasteiger partial charge in [-0.15, -0.1) is 0 Å². The van der Waals surface area contributed by atoms with E-state index in [1.165, 1.54) is 5.56 Å². The zero-order valence-corrected chi connectivity index (χ0v) is 11.5. The van der Waals surface area contributed by atoms with E-state index in [1.54, 1.807) is 7.11 Å². The van der Waals surface area contributed by atoms with E-state index >= 15 is 0 Å². The molecule has 0 heterocycles. The molecule has 0 atom stereocenters. The first-order valence-electron chi connectivity index (χ1n) is 6.45. The number of benzene rings is 1. The van der Waals surface area contributed by atoms with Gasteiger partial charge in [-0.3, -0.25) is 4.99 Å². The fraction of sp³-hybridized carbons (Fsp3) is 0.500. The van der Waals surface area contributed by atoms with Crippen molar-refractivity contribution in [2.24, 2.45) is 4.99 Å². The molecule has 0 aromatic heterocycles. The Kier molecular flexibility index (Phi) is 6.69. The fourth-order valence-corrected chi connectivity index (χ4v) is 1.60. The Labute approximate surface area is 109 Å². The van der Waals surface area contributed by atoms with Crippen LogP contribution in [-0.2, 0) is 6.42 Å². The van der Waals surface area contributed by atoms with Gasteiger partial charge in [0.2, 0.25) is 0 Å². The van der Waals surface area contributed by atoms with Gasteiger partial charge < -0.3 is 15.4 Å². The van der Waals surface area contributed by atoms with Crippen LogP contribution < -0.4 is 15.4 Å². The first-order chi connectivity index (χ1) is 8.80. The van der Waals surface area contributed by atoms with Gasteiger partial charge in [0.1, 0.15) is 5.75 Å². The monoisotopic (exact) mass is 249 g/mol. The maximum atomic E-state index is 5.13. The third-order valence-corrected chi connectivity index (χ3v) is 2.52. The van der Waals surface area contributed by atoms with E-state index in [2.05, 4.69) is 41.6 Å². The molecule has 0 aliphatic carbocycles. The molecule has 0 radical (unpaired) electrons. The summed E-state index contributed by atoms with van der Waals surface area (Å²) < 4.78 is 5.13. The Hall–Kier alpha value is -1.71. The molecule has 4 heteroatoms. The van der Waals surface area contributed by atoms with E-state index in [9.17, 15) is 0 Å². The van der Waals surface area contributed by atoms with Gasteiger partial charge >= 0.3 is 0 Å². The van der Waals surface area contributed by atoms with Crippen LogP contribution >= 0.6 is 0 Å². The zero-order valence-electron chi connectivity index (χ0n) is 11.5. The summed E-state index contributed by atoms with van der Waals surface area (Å²) >= 11 is 0. The topological polar surface area (TPSA) is 45.7 Å². The molecule has 0 unspecified atom stereocenters. The minimum absolute atomic E-state index is 0.779. The summed E-state index contributed by atoms with van der Waals surface area (Å²) in [5.74, 6) is 1.77. The number of hydrogen-bond donors (Lipinski definition) is 2. The predicted octanol–water partition coefficient (Wildman–Crippen LogP) is 1.81. The molecule has 100 valence electrons. The predicted molar refractivity (Wildman–Crippen MR) is 76.4 cm³/mol. The van der Waals surface area contributed by atoms with Crippen molar-refractivity contribution in [3.05, 3.63) is 29.8 Å². The molecule has 0 spiro atoms. The highest BCUT2D eigenvalue weighted by atomic mass is 16.5. The van der Waals surface area contributed by atoms with Crippen LogP contribution in [0.5, 0.6) is 5.75 Å². The normalized spacial score (nSPS) is 9.72. The van der Waals surface area contributed by atoms with Crippen LogP contribution in [0.2, 0.25) is 0 Å². The molecular formula is C14H23N3O. The van der Waals surface area contributed by atoms with Crippen molar-refractivity contribution in [1.82, 2.24) is 10.6 Å². The SMILES string of the molecule is CCNC(=NCCc1ccc(OC)cc1)NCC. The van der Waals surface area contributed by atoms with Crippen molar-refractivity contribution in [3.63, 3.8) is 0 Å². The van der Waals surface area contributed by atoms with Gasteiger partial charge in [0.05, 0.1) is 7.11 Å². The summed E-state index contributed by atoms with van der Waals surface area (Å²) in [5.41, 5.74) is 1.27. The average molecular weight is 249 g/mol. The van der Waals surface area contributed by atoms with Crippen molar-refractivity contribution in [2.45, 2.75) is 20.3 Å². The molecule has 1 aromatic rings. The van der Waals surface area contributed by atoms with Gasteiger partial charge in [-0.2, -0.15) is 0 Å². The molecule has 1 rings (SSSR count). The highest BCUT2D eigenvalue weighted by molar-refractivity contribution is 5.79. The lowest BCUT2D eigenvalue weighted by atomic mass is 10.1. The van der Waals surface area contributed by atoms with Gasteiger partial charge in [0.25, 0.3) is 0 Å². The molecule has 0 amide bonds. The third kappa shape index (κ3) is 5.08. The fourth-order valence-electron chi connectivity index (χ4n) is 1.60. The second-order valence-corrected chi connectivity index (χ2v) is 3.89. The van der Waals surface area contributed by atoms with Crippen LogP contribution in [0.15, 0.2) is 29.3 Å². The van der Waals surface area contributed by atoms with Crippen molar-refractivity contribution in [1.29, 1.82) is 0 Å². The Bertz CT molecular complexity index is 352. The lowest BCUT2D eigenvalue weighted by molar-refractivity contribution is 0.414. The molecule has 0 saturated carbocycles. The highest BCUT2D eigenvalue weighted by Gasteiger charge is 1.96. The number of nitrogens with one attached hydrogen (secondary N) is 2. The molecule has 1 aromatic carbocycles. The second kappa shape index (κ2) is 8.39. The first-order valence-corrected chi connectivity index (χ1v) is 6.45. The van der Waals surface area contributed by atoms with E-state index in [0.717, 1.165) is 37.8 Å². The maximum Gasteiger partial charge on any atom is 0.191 e. The Morgan fingerprint density at radius 1 is 1.11 bits per heavy atom. The molecule has 18 heavy (non-hydrogen) atoms. The van der Waals surface area contributed by atoms with Gasteiger partial charge in [-0.25, -0.2) is 0 Å². The molecule has 4 nitrogen and oxygen atoms in total. The number of methoxy groups -OCH3 is 1. The maximum absolute atomic E-state index is 5.13. The van der Waals surface area contributed by atoms with Crippen LogP contribution in [0.25, 0.3) is 0 Å². The Morgan fingerprint density at radius 2 is 1.72 bits per heavy atom. The molecular weight excluding hydrogens is 226 g/mol. The van der Waals surface area contributed by atoms with Crippen molar-refractivity contribution in [3.8, 4) is 5.75 Å². The zero-order chi connectivity index (χ0) is 13.2. The van der Waals surface area contributed by atoms with Crippen molar-refractivity contribution in [2.75, 3.05) is 26.7 Å². The minimum atomic E-state index is 0.779. The number of ether oxygens (including phenoxy) is 1. The summed E-state index contributed by atoms with van der Waals surface area (Å²) in [6.07, 6.45) is 0.935. The van der Waals surface area contributed by atoms with Crippen LogP contribution in [0, 0.1) is 0 Å². The van der Waals surface area contributed by atoms with E-state index < -0.39 is 0 Å². The minimum Gasteiger partial charge on any atom is -0.497 e. The number of nitrogens with zero attached hydrogens (tertiary/aromatic N) is 1. The van der Waals surface area contributed by atoms with Gasteiger partial charge in [0, 0.05) is 19.6 Å². The van der Waals surface area contributed by atoms with Gasteiger partial charge in [-0.1, -0.05) is 12.1 Å². The van der Waals surface area contributed by atoms with Crippen LogP contribution in [-0.4, -0.2) is 32.7 Å². The number of rotatable bonds is 6. The molecule has 2 N–H and O–H groups in total. The summed E-state index contributed by atoms with van der Waals surface area (Å²) in [5, 5.41) is 6.41.